The van der Waals surface area contributed by atoms with Crippen molar-refractivity contribution in [2.75, 3.05) is 11.9 Å². The number of carbonyl (C=O) groups excluding carboxylic acids is 3. The molecule has 9 nitrogen and oxygen atoms in total. The van der Waals surface area contributed by atoms with Gasteiger partial charge in [-0.3, -0.25) is 24.0 Å². The van der Waals surface area contributed by atoms with E-state index in [2.05, 4.69) is 39.1 Å². The van der Waals surface area contributed by atoms with Gasteiger partial charge in [-0.1, -0.05) is 37.3 Å². The molecule has 2 aliphatic rings. The summed E-state index contributed by atoms with van der Waals surface area (Å²) in [5.74, 6) is -1.34. The molecule has 3 unspecified atom stereocenters. The van der Waals surface area contributed by atoms with Crippen molar-refractivity contribution in [3.05, 3.63) is 77.4 Å². The van der Waals surface area contributed by atoms with Gasteiger partial charge in [0, 0.05) is 24.5 Å². The van der Waals surface area contributed by atoms with Crippen LogP contribution < -0.4 is 11.1 Å². The fourth-order valence-corrected chi connectivity index (χ4v) is 5.69. The highest BCUT2D eigenvalue weighted by Crippen LogP contribution is 2.35. The minimum atomic E-state index is -0.727. The molecule has 2 aromatic heterocycles. The Kier molecular flexibility index (Phi) is 7.03. The van der Waals surface area contributed by atoms with Crippen LogP contribution in [0.2, 0.25) is 0 Å². The Bertz CT molecular complexity index is 1300. The SMILES string of the molecule is CC1CCC(C2CCc3c(cnn3Cc3ccccc3)C2)N(C(=O)C(=O)Nc2cncc(C(N)=O)c2)C1. The van der Waals surface area contributed by atoms with E-state index >= 15 is 0 Å². The molecule has 5 rings (SSSR count). The molecule has 37 heavy (non-hydrogen) atoms. The number of primary amides is 1. The summed E-state index contributed by atoms with van der Waals surface area (Å²) in [4.78, 5) is 43.4. The maximum Gasteiger partial charge on any atom is 0.313 e. The number of aromatic nitrogens is 3. The summed E-state index contributed by atoms with van der Waals surface area (Å²) in [6, 6.07) is 11.7. The molecular weight excluding hydrogens is 468 g/mol. The first kappa shape index (κ1) is 24.7. The lowest BCUT2D eigenvalue weighted by Gasteiger charge is -2.43. The van der Waals surface area contributed by atoms with E-state index in [1.165, 1.54) is 35.3 Å². The second kappa shape index (κ2) is 10.5. The molecule has 0 saturated carbocycles. The van der Waals surface area contributed by atoms with Gasteiger partial charge in [-0.2, -0.15) is 5.10 Å². The van der Waals surface area contributed by atoms with Crippen LogP contribution in [0.4, 0.5) is 5.69 Å². The van der Waals surface area contributed by atoms with E-state index in [9.17, 15) is 14.4 Å². The molecule has 192 valence electrons. The number of amides is 3. The smallest absolute Gasteiger partial charge is 0.313 e. The summed E-state index contributed by atoms with van der Waals surface area (Å²) in [7, 11) is 0. The number of hydrogen-bond acceptors (Lipinski definition) is 5. The number of likely N-dealkylation sites (tertiary alicyclic amines) is 1. The topological polar surface area (TPSA) is 123 Å². The second-order valence-corrected chi connectivity index (χ2v) is 10.3. The van der Waals surface area contributed by atoms with E-state index in [-0.39, 0.29) is 23.2 Å². The molecule has 3 heterocycles. The summed E-state index contributed by atoms with van der Waals surface area (Å²) in [5.41, 5.74) is 9.46. The molecule has 3 atom stereocenters. The predicted octanol–water partition coefficient (Wildman–Crippen LogP) is 2.80. The van der Waals surface area contributed by atoms with Crippen molar-refractivity contribution < 1.29 is 14.4 Å². The van der Waals surface area contributed by atoms with Crippen LogP contribution in [0.15, 0.2) is 55.0 Å². The lowest BCUT2D eigenvalue weighted by Crippen LogP contribution is -2.53. The summed E-state index contributed by atoms with van der Waals surface area (Å²) in [6.45, 7) is 3.41. The van der Waals surface area contributed by atoms with Crippen LogP contribution >= 0.6 is 0 Å². The summed E-state index contributed by atoms with van der Waals surface area (Å²) in [5, 5.41) is 7.27. The van der Waals surface area contributed by atoms with Crippen LogP contribution in [0.25, 0.3) is 0 Å². The molecule has 3 aromatic rings. The minimum Gasteiger partial charge on any atom is -0.366 e. The van der Waals surface area contributed by atoms with Crippen LogP contribution in [-0.4, -0.2) is 50.0 Å². The van der Waals surface area contributed by atoms with Gasteiger partial charge < -0.3 is 16.0 Å². The Morgan fingerprint density at radius 2 is 1.89 bits per heavy atom. The Morgan fingerprint density at radius 1 is 1.08 bits per heavy atom. The van der Waals surface area contributed by atoms with Crippen LogP contribution in [0.3, 0.4) is 0 Å². The van der Waals surface area contributed by atoms with E-state index < -0.39 is 17.7 Å². The van der Waals surface area contributed by atoms with Gasteiger partial charge in [0.2, 0.25) is 5.91 Å². The van der Waals surface area contributed by atoms with Crippen molar-refractivity contribution >= 4 is 23.4 Å². The normalized spacial score (nSPS) is 21.2. The molecule has 1 saturated heterocycles. The third-order valence-electron chi connectivity index (χ3n) is 7.59. The molecule has 3 amide bonds. The van der Waals surface area contributed by atoms with E-state index in [1.807, 2.05) is 24.4 Å². The zero-order chi connectivity index (χ0) is 25.9. The van der Waals surface area contributed by atoms with Crippen molar-refractivity contribution in [1.29, 1.82) is 0 Å². The first-order chi connectivity index (χ1) is 17.9. The molecule has 3 N–H and O–H groups in total. The Balaban J connectivity index is 1.29. The van der Waals surface area contributed by atoms with Gasteiger partial charge in [-0.25, -0.2) is 0 Å². The number of piperidine rings is 1. The third-order valence-corrected chi connectivity index (χ3v) is 7.59. The van der Waals surface area contributed by atoms with Gasteiger partial charge in [0.25, 0.3) is 0 Å². The fraction of sp³-hybridized carbons (Fsp3) is 0.393. The quantitative estimate of drug-likeness (QED) is 0.522. The summed E-state index contributed by atoms with van der Waals surface area (Å²) in [6.07, 6.45) is 9.27. The number of nitrogens with zero attached hydrogens (tertiary/aromatic N) is 4. The van der Waals surface area contributed by atoms with E-state index in [4.69, 9.17) is 5.73 Å². The van der Waals surface area contributed by atoms with Gasteiger partial charge in [0.1, 0.15) is 0 Å². The Hall–Kier alpha value is -4.01. The monoisotopic (exact) mass is 500 g/mol. The summed E-state index contributed by atoms with van der Waals surface area (Å²) < 4.78 is 2.09. The zero-order valence-electron chi connectivity index (χ0n) is 21.0. The summed E-state index contributed by atoms with van der Waals surface area (Å²) >= 11 is 0. The number of hydrogen-bond donors (Lipinski definition) is 2. The number of nitrogens with two attached hydrogens (primary N) is 1. The maximum absolute atomic E-state index is 13.4. The third kappa shape index (κ3) is 5.40. The molecule has 0 radical (unpaired) electrons. The molecule has 0 bridgehead atoms. The lowest BCUT2D eigenvalue weighted by molar-refractivity contribution is -0.147. The second-order valence-electron chi connectivity index (χ2n) is 10.3. The minimum absolute atomic E-state index is 0.00449. The standard InChI is InChI=1S/C28H32N6O3/c1-18-7-9-24(33(16-18)28(37)27(36)32-23-12-22(26(29)35)13-30-15-23)20-8-10-25-21(11-20)14-31-34(25)17-19-5-3-2-4-6-19/h2-6,12-15,18,20,24H,7-11,16-17H2,1H3,(H2,29,35)(H,32,36). The fourth-order valence-electron chi connectivity index (χ4n) is 5.69. The van der Waals surface area contributed by atoms with Crippen LogP contribution in [-0.2, 0) is 29.0 Å². The molecule has 1 aliphatic carbocycles. The zero-order valence-corrected chi connectivity index (χ0v) is 21.0. The predicted molar refractivity (Wildman–Crippen MR) is 139 cm³/mol. The molecule has 1 aromatic carbocycles. The molecule has 0 spiro atoms. The number of rotatable bonds is 5. The highest BCUT2D eigenvalue weighted by Gasteiger charge is 2.39. The Morgan fingerprint density at radius 3 is 2.68 bits per heavy atom. The average Bonchev–Trinajstić information content (AvgIpc) is 3.30. The molecule has 1 fully saturated rings. The van der Waals surface area contributed by atoms with E-state index in [0.717, 1.165) is 38.6 Å². The number of nitrogens with one attached hydrogen (secondary N) is 1. The number of anilines is 1. The maximum atomic E-state index is 13.4. The number of pyridine rings is 1. The van der Waals surface area contributed by atoms with Crippen molar-refractivity contribution in [3.8, 4) is 0 Å². The van der Waals surface area contributed by atoms with Gasteiger partial charge in [-0.15, -0.1) is 0 Å². The average molecular weight is 501 g/mol. The molecule has 1 aliphatic heterocycles. The Labute approximate surface area is 216 Å². The van der Waals surface area contributed by atoms with Crippen molar-refractivity contribution in [3.63, 3.8) is 0 Å². The number of fused-ring (bicyclic) bond motifs is 1. The van der Waals surface area contributed by atoms with Gasteiger partial charge >= 0.3 is 11.8 Å². The van der Waals surface area contributed by atoms with Crippen molar-refractivity contribution in [1.82, 2.24) is 19.7 Å². The molecular formula is C28H32N6O3. The highest BCUT2D eigenvalue weighted by atomic mass is 16.2. The first-order valence-electron chi connectivity index (χ1n) is 12.8. The van der Waals surface area contributed by atoms with Crippen LogP contribution in [0.5, 0.6) is 0 Å². The number of carbonyl (C=O) groups is 3. The van der Waals surface area contributed by atoms with Gasteiger partial charge in [0.05, 0.1) is 30.2 Å². The van der Waals surface area contributed by atoms with Gasteiger partial charge in [0.15, 0.2) is 0 Å². The largest absolute Gasteiger partial charge is 0.366 e. The van der Waals surface area contributed by atoms with E-state index in [0.29, 0.717) is 12.5 Å². The van der Waals surface area contributed by atoms with Crippen LogP contribution in [0, 0.1) is 11.8 Å². The van der Waals surface area contributed by atoms with Gasteiger partial charge in [-0.05, 0) is 61.1 Å². The lowest BCUT2D eigenvalue weighted by atomic mass is 9.77. The highest BCUT2D eigenvalue weighted by molar-refractivity contribution is 6.39. The van der Waals surface area contributed by atoms with Crippen LogP contribution in [0.1, 0.15) is 53.4 Å². The van der Waals surface area contributed by atoms with Crippen molar-refractivity contribution in [2.24, 2.45) is 17.6 Å². The molecule has 9 heteroatoms. The van der Waals surface area contributed by atoms with E-state index in [1.54, 1.807) is 4.90 Å². The first-order valence-corrected chi connectivity index (χ1v) is 12.8. The number of benzene rings is 1. The van der Waals surface area contributed by atoms with Crippen molar-refractivity contribution in [2.45, 2.75) is 51.6 Å².